The van der Waals surface area contributed by atoms with E-state index in [2.05, 4.69) is 16.7 Å². The summed E-state index contributed by atoms with van der Waals surface area (Å²) in [5.41, 5.74) is 0.356. The van der Waals surface area contributed by atoms with Gasteiger partial charge in [-0.3, -0.25) is 4.79 Å². The molecule has 0 spiro atoms. The van der Waals surface area contributed by atoms with Gasteiger partial charge in [-0.25, -0.2) is 9.59 Å². The highest BCUT2D eigenvalue weighted by Gasteiger charge is 2.30. The average molecular weight is 349 g/mol. The highest BCUT2D eigenvalue weighted by Crippen LogP contribution is 2.18. The van der Waals surface area contributed by atoms with Crippen molar-refractivity contribution in [3.63, 3.8) is 0 Å². The van der Waals surface area contributed by atoms with Crippen molar-refractivity contribution in [3.05, 3.63) is 35.4 Å². The van der Waals surface area contributed by atoms with Gasteiger partial charge in [-0.2, -0.15) is 0 Å². The van der Waals surface area contributed by atoms with Gasteiger partial charge in [0.05, 0.1) is 6.54 Å². The Labute approximate surface area is 145 Å². The van der Waals surface area contributed by atoms with Gasteiger partial charge in [0.2, 0.25) is 5.91 Å². The van der Waals surface area contributed by atoms with E-state index in [9.17, 15) is 19.5 Å². The van der Waals surface area contributed by atoms with Crippen molar-refractivity contribution in [2.75, 3.05) is 19.6 Å². The Bertz CT molecular complexity index is 659. The normalized spacial score (nSPS) is 15.7. The summed E-state index contributed by atoms with van der Waals surface area (Å²) in [6.45, 7) is 2.01. The summed E-state index contributed by atoms with van der Waals surface area (Å²) in [6.07, 6.45) is 0.806. The van der Waals surface area contributed by atoms with Crippen LogP contribution < -0.4 is 10.6 Å². The SMILES string of the molecule is CC(O)(CNC(=O)CCNC(=O)N1CCc2ccccc2C1)C(=O)O. The molecular formula is C17H23N3O5. The molecule has 4 N–H and O–H groups in total. The first-order chi connectivity index (χ1) is 11.8. The molecule has 0 saturated carbocycles. The molecule has 8 nitrogen and oxygen atoms in total. The van der Waals surface area contributed by atoms with Gasteiger partial charge in [0.25, 0.3) is 0 Å². The van der Waals surface area contributed by atoms with E-state index in [1.54, 1.807) is 4.90 Å². The summed E-state index contributed by atoms with van der Waals surface area (Å²) in [7, 11) is 0. The van der Waals surface area contributed by atoms with Gasteiger partial charge in [0, 0.05) is 26.1 Å². The first kappa shape index (κ1) is 18.7. The second-order valence-corrected chi connectivity index (χ2v) is 6.28. The summed E-state index contributed by atoms with van der Waals surface area (Å²) in [5, 5.41) is 23.3. The van der Waals surface area contributed by atoms with Crippen LogP contribution in [0.5, 0.6) is 0 Å². The minimum atomic E-state index is -2.01. The molecule has 1 unspecified atom stereocenters. The third-order valence-electron chi connectivity index (χ3n) is 4.14. The number of aliphatic carboxylic acids is 1. The van der Waals surface area contributed by atoms with E-state index in [1.807, 2.05) is 18.2 Å². The van der Waals surface area contributed by atoms with Crippen LogP contribution in [0.3, 0.4) is 0 Å². The van der Waals surface area contributed by atoms with E-state index in [-0.39, 0.29) is 19.0 Å². The monoisotopic (exact) mass is 349 g/mol. The molecule has 1 aromatic carbocycles. The first-order valence-corrected chi connectivity index (χ1v) is 8.11. The molecule has 0 radical (unpaired) electrons. The molecule has 1 atom stereocenters. The summed E-state index contributed by atoms with van der Waals surface area (Å²) in [5.74, 6) is -1.85. The lowest BCUT2D eigenvalue weighted by atomic mass is 10.0. The van der Waals surface area contributed by atoms with E-state index < -0.39 is 24.0 Å². The number of urea groups is 1. The van der Waals surface area contributed by atoms with E-state index in [1.165, 1.54) is 5.56 Å². The van der Waals surface area contributed by atoms with Crippen LogP contribution in [-0.2, 0) is 22.6 Å². The summed E-state index contributed by atoms with van der Waals surface area (Å²) in [6, 6.07) is 7.74. The Hall–Kier alpha value is -2.61. The predicted octanol–water partition coefficient (Wildman–Crippen LogP) is 0.0962. The van der Waals surface area contributed by atoms with Crippen LogP contribution in [-0.4, -0.2) is 58.3 Å². The van der Waals surface area contributed by atoms with Crippen LogP contribution in [0.4, 0.5) is 4.79 Å². The zero-order valence-corrected chi connectivity index (χ0v) is 14.1. The zero-order valence-electron chi connectivity index (χ0n) is 14.1. The van der Waals surface area contributed by atoms with E-state index in [4.69, 9.17) is 5.11 Å². The minimum absolute atomic E-state index is 0.00582. The van der Waals surface area contributed by atoms with Gasteiger partial charge in [-0.15, -0.1) is 0 Å². The number of carbonyl (C=O) groups is 3. The van der Waals surface area contributed by atoms with Crippen molar-refractivity contribution < 1.29 is 24.6 Å². The average Bonchev–Trinajstić information content (AvgIpc) is 2.59. The summed E-state index contributed by atoms with van der Waals surface area (Å²) >= 11 is 0. The highest BCUT2D eigenvalue weighted by molar-refractivity contribution is 5.81. The molecule has 0 aromatic heterocycles. The topological polar surface area (TPSA) is 119 Å². The molecule has 136 valence electrons. The molecule has 0 aliphatic carbocycles. The van der Waals surface area contributed by atoms with Crippen LogP contribution in [0.1, 0.15) is 24.5 Å². The Morgan fingerprint density at radius 2 is 1.88 bits per heavy atom. The Kier molecular flexibility index (Phi) is 5.97. The van der Waals surface area contributed by atoms with Crippen molar-refractivity contribution in [2.24, 2.45) is 0 Å². The zero-order chi connectivity index (χ0) is 18.4. The van der Waals surface area contributed by atoms with Gasteiger partial charge in [-0.05, 0) is 24.5 Å². The van der Waals surface area contributed by atoms with Crippen LogP contribution in [0.25, 0.3) is 0 Å². The molecule has 0 saturated heterocycles. The Morgan fingerprint density at radius 3 is 2.56 bits per heavy atom. The van der Waals surface area contributed by atoms with Crippen molar-refractivity contribution >= 4 is 17.9 Å². The lowest BCUT2D eigenvalue weighted by Crippen LogP contribution is -2.47. The standard InChI is InChI=1S/C17H23N3O5/c1-17(25,15(22)23)11-19-14(21)6-8-18-16(24)20-9-7-12-4-2-3-5-13(12)10-20/h2-5,25H,6-11H2,1H3,(H,18,24)(H,19,21)(H,22,23). The highest BCUT2D eigenvalue weighted by atomic mass is 16.4. The Morgan fingerprint density at radius 1 is 1.20 bits per heavy atom. The van der Waals surface area contributed by atoms with Crippen LogP contribution >= 0.6 is 0 Å². The number of benzene rings is 1. The first-order valence-electron chi connectivity index (χ1n) is 8.11. The smallest absolute Gasteiger partial charge is 0.337 e. The van der Waals surface area contributed by atoms with Crippen molar-refractivity contribution in [3.8, 4) is 0 Å². The number of nitrogens with one attached hydrogen (secondary N) is 2. The number of amides is 3. The van der Waals surface area contributed by atoms with Crippen molar-refractivity contribution in [2.45, 2.75) is 31.9 Å². The molecular weight excluding hydrogens is 326 g/mol. The predicted molar refractivity (Wildman–Crippen MR) is 89.8 cm³/mol. The molecule has 8 heteroatoms. The van der Waals surface area contributed by atoms with Gasteiger partial charge in [0.1, 0.15) is 0 Å². The quantitative estimate of drug-likeness (QED) is 0.581. The molecule has 1 aliphatic heterocycles. The third-order valence-corrected chi connectivity index (χ3v) is 4.14. The molecule has 25 heavy (non-hydrogen) atoms. The molecule has 1 aliphatic rings. The molecule has 3 amide bonds. The number of aliphatic hydroxyl groups is 1. The number of carboxylic acids is 1. The van der Waals surface area contributed by atoms with Crippen molar-refractivity contribution in [1.29, 1.82) is 0 Å². The number of hydrogen-bond donors (Lipinski definition) is 4. The summed E-state index contributed by atoms with van der Waals surface area (Å²) in [4.78, 5) is 36.2. The number of fused-ring (bicyclic) bond motifs is 1. The fraction of sp³-hybridized carbons (Fsp3) is 0.471. The number of nitrogens with zero attached hydrogens (tertiary/aromatic N) is 1. The number of carboxylic acid groups (broad SMARTS) is 1. The third kappa shape index (κ3) is 5.18. The summed E-state index contributed by atoms with van der Waals surface area (Å²) < 4.78 is 0. The Balaban J connectivity index is 1.71. The van der Waals surface area contributed by atoms with Crippen LogP contribution in [0.2, 0.25) is 0 Å². The molecule has 1 aromatic rings. The number of rotatable bonds is 6. The van der Waals surface area contributed by atoms with E-state index in [0.29, 0.717) is 13.1 Å². The van der Waals surface area contributed by atoms with E-state index in [0.717, 1.165) is 18.9 Å². The van der Waals surface area contributed by atoms with Gasteiger partial charge in [-0.1, -0.05) is 24.3 Å². The number of carbonyl (C=O) groups excluding carboxylic acids is 2. The molecule has 0 fully saturated rings. The lowest BCUT2D eigenvalue weighted by Gasteiger charge is -2.29. The second-order valence-electron chi connectivity index (χ2n) is 6.28. The second kappa shape index (κ2) is 7.98. The van der Waals surface area contributed by atoms with Gasteiger partial charge < -0.3 is 25.7 Å². The largest absolute Gasteiger partial charge is 0.479 e. The number of hydrogen-bond acceptors (Lipinski definition) is 4. The van der Waals surface area contributed by atoms with Crippen LogP contribution in [0.15, 0.2) is 24.3 Å². The van der Waals surface area contributed by atoms with Gasteiger partial charge in [0.15, 0.2) is 5.60 Å². The minimum Gasteiger partial charge on any atom is -0.479 e. The maximum atomic E-state index is 12.2. The van der Waals surface area contributed by atoms with Crippen LogP contribution in [0, 0.1) is 0 Å². The maximum absolute atomic E-state index is 12.2. The fourth-order valence-electron chi connectivity index (χ4n) is 2.50. The van der Waals surface area contributed by atoms with Crippen molar-refractivity contribution in [1.82, 2.24) is 15.5 Å². The molecule has 2 rings (SSSR count). The lowest BCUT2D eigenvalue weighted by molar-refractivity contribution is -0.156. The fourth-order valence-corrected chi connectivity index (χ4v) is 2.50. The van der Waals surface area contributed by atoms with Gasteiger partial charge >= 0.3 is 12.0 Å². The molecule has 0 bridgehead atoms. The molecule has 1 heterocycles. The van der Waals surface area contributed by atoms with E-state index >= 15 is 0 Å². The maximum Gasteiger partial charge on any atom is 0.337 e.